The molecule has 23 heavy (non-hydrogen) atoms. The Morgan fingerprint density at radius 1 is 1.04 bits per heavy atom. The van der Waals surface area contributed by atoms with Crippen LogP contribution >= 0.6 is 12.4 Å². The minimum Gasteiger partial charge on any atom is -0.316 e. The summed E-state index contributed by atoms with van der Waals surface area (Å²) in [6, 6.07) is 8.17. The van der Waals surface area contributed by atoms with Crippen LogP contribution in [0.5, 0.6) is 0 Å². The van der Waals surface area contributed by atoms with Gasteiger partial charge >= 0.3 is 0 Å². The summed E-state index contributed by atoms with van der Waals surface area (Å²) in [7, 11) is -3.33. The van der Waals surface area contributed by atoms with E-state index < -0.39 is 10.2 Å². The number of nitrogens with zero attached hydrogens (tertiary/aromatic N) is 2. The van der Waals surface area contributed by atoms with Crippen LogP contribution in [0.1, 0.15) is 24.0 Å². The minimum atomic E-state index is -3.33. The predicted octanol–water partition coefficient (Wildman–Crippen LogP) is 1.40. The molecule has 2 fully saturated rings. The lowest BCUT2D eigenvalue weighted by atomic mass is 9.87. The third-order valence-corrected chi connectivity index (χ3v) is 7.41. The van der Waals surface area contributed by atoms with E-state index in [9.17, 15) is 8.42 Å². The second kappa shape index (κ2) is 6.33. The normalized spacial score (nSPS) is 28.7. The Morgan fingerprint density at radius 2 is 1.83 bits per heavy atom. The molecule has 0 aromatic heterocycles. The molecule has 3 heterocycles. The molecule has 7 heteroatoms. The molecule has 1 N–H and O–H groups in total. The fraction of sp³-hybridized carbons (Fsp3) is 0.625. The highest BCUT2D eigenvalue weighted by Gasteiger charge is 2.45. The van der Waals surface area contributed by atoms with Gasteiger partial charge in [-0.25, -0.2) is 0 Å². The first-order valence-corrected chi connectivity index (χ1v) is 9.52. The first-order valence-electron chi connectivity index (χ1n) is 8.12. The highest BCUT2D eigenvalue weighted by atomic mass is 35.5. The molecule has 1 spiro atoms. The van der Waals surface area contributed by atoms with E-state index in [-0.39, 0.29) is 17.8 Å². The molecule has 1 atom stereocenters. The summed E-state index contributed by atoms with van der Waals surface area (Å²) >= 11 is 0. The fourth-order valence-corrected chi connectivity index (χ4v) is 5.77. The lowest BCUT2D eigenvalue weighted by Gasteiger charge is -2.32. The van der Waals surface area contributed by atoms with Gasteiger partial charge in [0.1, 0.15) is 0 Å². The highest BCUT2D eigenvalue weighted by Crippen LogP contribution is 2.38. The molecule has 4 rings (SSSR count). The van der Waals surface area contributed by atoms with Gasteiger partial charge in [-0.05, 0) is 42.3 Å². The number of benzene rings is 1. The van der Waals surface area contributed by atoms with Gasteiger partial charge in [0, 0.05) is 32.7 Å². The van der Waals surface area contributed by atoms with Gasteiger partial charge in [-0.1, -0.05) is 24.3 Å². The van der Waals surface area contributed by atoms with Crippen LogP contribution in [-0.2, 0) is 23.2 Å². The summed E-state index contributed by atoms with van der Waals surface area (Å²) < 4.78 is 29.3. The van der Waals surface area contributed by atoms with Crippen molar-refractivity contribution in [3.8, 4) is 0 Å². The zero-order valence-corrected chi connectivity index (χ0v) is 14.8. The first kappa shape index (κ1) is 17.2. The second-order valence-electron chi connectivity index (χ2n) is 6.87. The molecule has 128 valence electrons. The van der Waals surface area contributed by atoms with Gasteiger partial charge in [-0.3, -0.25) is 0 Å². The largest absolute Gasteiger partial charge is 0.316 e. The molecule has 1 aromatic carbocycles. The zero-order chi connectivity index (χ0) is 15.2. The molecule has 0 saturated carbocycles. The van der Waals surface area contributed by atoms with E-state index in [4.69, 9.17) is 0 Å². The maximum Gasteiger partial charge on any atom is 0.282 e. The number of halogens is 1. The molecular formula is C16H24ClN3O2S. The number of nitrogens with one attached hydrogen (secondary N) is 1. The Hall–Kier alpha value is -0.660. The maximum atomic E-state index is 13.0. The van der Waals surface area contributed by atoms with Crippen molar-refractivity contribution in [1.29, 1.82) is 0 Å². The summed E-state index contributed by atoms with van der Waals surface area (Å²) in [5, 5.41) is 3.38. The molecule has 2 saturated heterocycles. The first-order chi connectivity index (χ1) is 10.6. The number of hydrogen-bond donors (Lipinski definition) is 1. The van der Waals surface area contributed by atoms with Crippen LogP contribution in [0.15, 0.2) is 24.3 Å². The highest BCUT2D eigenvalue weighted by molar-refractivity contribution is 7.86. The van der Waals surface area contributed by atoms with Crippen molar-refractivity contribution in [3.63, 3.8) is 0 Å². The molecular weight excluding hydrogens is 334 g/mol. The van der Waals surface area contributed by atoms with E-state index in [1.807, 2.05) is 18.2 Å². The van der Waals surface area contributed by atoms with Crippen molar-refractivity contribution < 1.29 is 8.42 Å². The Bertz CT molecular complexity index is 674. The van der Waals surface area contributed by atoms with Crippen molar-refractivity contribution in [2.24, 2.45) is 5.41 Å². The van der Waals surface area contributed by atoms with Gasteiger partial charge in [0.2, 0.25) is 0 Å². The Balaban J connectivity index is 0.00000156. The van der Waals surface area contributed by atoms with Crippen LogP contribution in [0.3, 0.4) is 0 Å². The van der Waals surface area contributed by atoms with Gasteiger partial charge in [0.15, 0.2) is 0 Å². The summed E-state index contributed by atoms with van der Waals surface area (Å²) in [5.74, 6) is 0. The van der Waals surface area contributed by atoms with E-state index in [1.54, 1.807) is 8.61 Å². The predicted molar refractivity (Wildman–Crippen MR) is 92.8 cm³/mol. The number of rotatable bonds is 2. The van der Waals surface area contributed by atoms with Crippen LogP contribution in [-0.4, -0.2) is 49.8 Å². The third-order valence-electron chi connectivity index (χ3n) is 5.48. The molecule has 3 aliphatic heterocycles. The molecule has 0 radical (unpaired) electrons. The standard InChI is InChI=1S/C16H23N3O2S.ClH/c20-22(21,19-10-7-16(13-19)6-8-17-12-16)18-9-5-14-3-1-2-4-15(14)11-18;/h1-4,17H,5-13H2;1H. The quantitative estimate of drug-likeness (QED) is 0.870. The molecule has 5 nitrogen and oxygen atoms in total. The van der Waals surface area contributed by atoms with Crippen molar-refractivity contribution in [1.82, 2.24) is 13.9 Å². The smallest absolute Gasteiger partial charge is 0.282 e. The monoisotopic (exact) mass is 357 g/mol. The summed E-state index contributed by atoms with van der Waals surface area (Å²) in [6.45, 7) is 4.44. The van der Waals surface area contributed by atoms with E-state index in [2.05, 4.69) is 11.4 Å². The Kier molecular flexibility index (Phi) is 4.73. The van der Waals surface area contributed by atoms with Gasteiger partial charge in [0.25, 0.3) is 10.2 Å². The Morgan fingerprint density at radius 3 is 2.57 bits per heavy atom. The minimum absolute atomic E-state index is 0. The van der Waals surface area contributed by atoms with Crippen LogP contribution < -0.4 is 5.32 Å². The number of fused-ring (bicyclic) bond motifs is 1. The lowest BCUT2D eigenvalue weighted by Crippen LogP contribution is -2.45. The molecule has 0 bridgehead atoms. The maximum absolute atomic E-state index is 13.0. The summed E-state index contributed by atoms with van der Waals surface area (Å²) in [6.07, 6.45) is 2.90. The van der Waals surface area contributed by atoms with Gasteiger partial charge in [-0.2, -0.15) is 17.0 Å². The van der Waals surface area contributed by atoms with Crippen LogP contribution in [0, 0.1) is 5.41 Å². The van der Waals surface area contributed by atoms with Crippen molar-refractivity contribution >= 4 is 22.6 Å². The van der Waals surface area contributed by atoms with Gasteiger partial charge in [0.05, 0.1) is 0 Å². The van der Waals surface area contributed by atoms with E-state index in [0.717, 1.165) is 37.9 Å². The topological polar surface area (TPSA) is 52.7 Å². The van der Waals surface area contributed by atoms with Crippen molar-refractivity contribution in [3.05, 3.63) is 35.4 Å². The summed E-state index contributed by atoms with van der Waals surface area (Å²) in [4.78, 5) is 0. The van der Waals surface area contributed by atoms with Crippen LogP contribution in [0.2, 0.25) is 0 Å². The second-order valence-corrected chi connectivity index (χ2v) is 8.80. The third kappa shape index (κ3) is 3.03. The average Bonchev–Trinajstić information content (AvgIpc) is 3.18. The van der Waals surface area contributed by atoms with Gasteiger partial charge < -0.3 is 5.32 Å². The summed E-state index contributed by atoms with van der Waals surface area (Å²) in [5.41, 5.74) is 2.61. The average molecular weight is 358 g/mol. The number of hydrogen-bond acceptors (Lipinski definition) is 3. The van der Waals surface area contributed by atoms with Crippen LogP contribution in [0.25, 0.3) is 0 Å². The van der Waals surface area contributed by atoms with E-state index in [0.29, 0.717) is 26.2 Å². The molecule has 0 amide bonds. The molecule has 1 unspecified atom stereocenters. The molecule has 0 aliphatic carbocycles. The van der Waals surface area contributed by atoms with Crippen molar-refractivity contribution in [2.75, 3.05) is 32.7 Å². The Labute approximate surface area is 144 Å². The lowest BCUT2D eigenvalue weighted by molar-refractivity contribution is 0.311. The molecule has 1 aromatic rings. The molecule has 3 aliphatic rings. The van der Waals surface area contributed by atoms with E-state index >= 15 is 0 Å². The van der Waals surface area contributed by atoms with Crippen LogP contribution in [0.4, 0.5) is 0 Å². The fourth-order valence-electron chi connectivity index (χ4n) is 4.06. The zero-order valence-electron chi connectivity index (χ0n) is 13.2. The van der Waals surface area contributed by atoms with Gasteiger partial charge in [-0.15, -0.1) is 12.4 Å². The SMILES string of the molecule is Cl.O=S(=O)(N1CCc2ccccc2C1)N1CCC2(CCNC2)C1. The van der Waals surface area contributed by atoms with Crippen molar-refractivity contribution in [2.45, 2.75) is 25.8 Å². The van der Waals surface area contributed by atoms with E-state index in [1.165, 1.54) is 5.56 Å².